The number of piperazine rings is 1. The van der Waals surface area contributed by atoms with Crippen LogP contribution in [0.3, 0.4) is 0 Å². The van der Waals surface area contributed by atoms with Crippen LogP contribution in [0.15, 0.2) is 27.8 Å². The van der Waals surface area contributed by atoms with E-state index in [2.05, 4.69) is 37.8 Å². The monoisotopic (exact) mass is 340 g/mol. The Kier molecular flexibility index (Phi) is 5.25. The van der Waals surface area contributed by atoms with Crippen molar-refractivity contribution in [1.29, 1.82) is 0 Å². The number of nitrogens with zero attached hydrogens (tertiary/aromatic N) is 3. The zero-order valence-electron chi connectivity index (χ0n) is 11.7. The molecule has 0 spiro atoms. The van der Waals surface area contributed by atoms with Gasteiger partial charge in [-0.3, -0.25) is 4.90 Å². The average molecular weight is 341 g/mol. The highest BCUT2D eigenvalue weighted by atomic mass is 79.9. The molecule has 1 aliphatic heterocycles. The summed E-state index contributed by atoms with van der Waals surface area (Å²) in [6.07, 6.45) is 1.21. The standard InChI is InChI=1S/C14H21BrN4O/c1-2-5-18-6-8-19(9-7-18)13-4-3-11(10-12(13)15)14(16)17-20/h3-4,10,20H,2,5-9H2,1H3,(H2,16,17). The van der Waals surface area contributed by atoms with Gasteiger partial charge in [0.15, 0.2) is 5.84 Å². The summed E-state index contributed by atoms with van der Waals surface area (Å²) in [5.74, 6) is 0.130. The maximum absolute atomic E-state index is 8.71. The third kappa shape index (κ3) is 3.43. The maximum Gasteiger partial charge on any atom is 0.170 e. The fourth-order valence-electron chi connectivity index (χ4n) is 2.51. The molecule has 5 nitrogen and oxygen atoms in total. The summed E-state index contributed by atoms with van der Waals surface area (Å²) in [4.78, 5) is 4.86. The van der Waals surface area contributed by atoms with E-state index in [-0.39, 0.29) is 5.84 Å². The topological polar surface area (TPSA) is 65.1 Å². The smallest absolute Gasteiger partial charge is 0.170 e. The summed E-state index contributed by atoms with van der Waals surface area (Å²) in [7, 11) is 0. The molecule has 20 heavy (non-hydrogen) atoms. The minimum atomic E-state index is 0.130. The predicted octanol–water partition coefficient (Wildman–Crippen LogP) is 2.08. The normalized spacial score (nSPS) is 17.5. The van der Waals surface area contributed by atoms with Crippen LogP contribution in [0, 0.1) is 0 Å². The van der Waals surface area contributed by atoms with Gasteiger partial charge in [-0.15, -0.1) is 0 Å². The number of rotatable bonds is 4. The predicted molar refractivity (Wildman–Crippen MR) is 85.6 cm³/mol. The minimum Gasteiger partial charge on any atom is -0.409 e. The fraction of sp³-hybridized carbons (Fsp3) is 0.500. The Morgan fingerprint density at radius 3 is 2.60 bits per heavy atom. The van der Waals surface area contributed by atoms with Crippen molar-refractivity contribution in [2.45, 2.75) is 13.3 Å². The molecule has 2 rings (SSSR count). The van der Waals surface area contributed by atoms with E-state index in [9.17, 15) is 0 Å². The molecule has 1 heterocycles. The number of benzene rings is 1. The molecule has 0 aliphatic carbocycles. The summed E-state index contributed by atoms with van der Waals surface area (Å²) in [5, 5.41) is 11.7. The lowest BCUT2D eigenvalue weighted by Crippen LogP contribution is -2.46. The third-order valence-electron chi connectivity index (χ3n) is 3.60. The Morgan fingerprint density at radius 1 is 1.35 bits per heavy atom. The van der Waals surface area contributed by atoms with Crippen LogP contribution >= 0.6 is 15.9 Å². The van der Waals surface area contributed by atoms with Crippen LogP contribution < -0.4 is 10.6 Å². The van der Waals surface area contributed by atoms with E-state index in [1.165, 1.54) is 13.0 Å². The zero-order chi connectivity index (χ0) is 14.5. The van der Waals surface area contributed by atoms with Crippen LogP contribution in [0.25, 0.3) is 0 Å². The van der Waals surface area contributed by atoms with Crippen molar-refractivity contribution >= 4 is 27.5 Å². The van der Waals surface area contributed by atoms with Gasteiger partial charge in [0.25, 0.3) is 0 Å². The highest BCUT2D eigenvalue weighted by Crippen LogP contribution is 2.28. The summed E-state index contributed by atoms with van der Waals surface area (Å²) < 4.78 is 0.977. The molecule has 0 radical (unpaired) electrons. The Morgan fingerprint density at radius 2 is 2.05 bits per heavy atom. The first kappa shape index (κ1) is 15.1. The van der Waals surface area contributed by atoms with E-state index in [0.29, 0.717) is 5.56 Å². The van der Waals surface area contributed by atoms with E-state index in [0.717, 1.165) is 36.3 Å². The lowest BCUT2D eigenvalue weighted by atomic mass is 10.1. The third-order valence-corrected chi connectivity index (χ3v) is 4.24. The van der Waals surface area contributed by atoms with Crippen molar-refractivity contribution in [3.8, 4) is 0 Å². The first-order valence-corrected chi connectivity index (χ1v) is 7.69. The van der Waals surface area contributed by atoms with Crippen molar-refractivity contribution in [1.82, 2.24) is 4.90 Å². The molecule has 1 fully saturated rings. The Balaban J connectivity index is 2.07. The summed E-state index contributed by atoms with van der Waals surface area (Å²) in [5.41, 5.74) is 7.48. The second-order valence-electron chi connectivity index (χ2n) is 4.98. The molecule has 1 aromatic rings. The summed E-state index contributed by atoms with van der Waals surface area (Å²) >= 11 is 3.58. The van der Waals surface area contributed by atoms with Gasteiger partial charge in [-0.05, 0) is 47.1 Å². The molecule has 1 saturated heterocycles. The van der Waals surface area contributed by atoms with Crippen molar-refractivity contribution in [2.24, 2.45) is 10.9 Å². The van der Waals surface area contributed by atoms with Crippen LogP contribution in [0.5, 0.6) is 0 Å². The average Bonchev–Trinajstić information content (AvgIpc) is 2.47. The van der Waals surface area contributed by atoms with Gasteiger partial charge in [-0.2, -0.15) is 0 Å². The van der Waals surface area contributed by atoms with Crippen LogP contribution in [0.4, 0.5) is 5.69 Å². The van der Waals surface area contributed by atoms with Gasteiger partial charge in [-0.1, -0.05) is 12.1 Å². The van der Waals surface area contributed by atoms with Crippen molar-refractivity contribution < 1.29 is 5.21 Å². The largest absolute Gasteiger partial charge is 0.409 e. The summed E-state index contributed by atoms with van der Waals surface area (Å²) in [6, 6.07) is 5.79. The SMILES string of the molecule is CCCN1CCN(c2ccc(/C(N)=N/O)cc2Br)CC1. The van der Waals surface area contributed by atoms with Crippen LogP contribution in [0.1, 0.15) is 18.9 Å². The first-order valence-electron chi connectivity index (χ1n) is 6.90. The molecule has 3 N–H and O–H groups in total. The van der Waals surface area contributed by atoms with Crippen molar-refractivity contribution in [3.63, 3.8) is 0 Å². The molecule has 1 aliphatic rings. The Bertz CT molecular complexity index is 484. The molecule has 6 heteroatoms. The number of hydrogen-bond acceptors (Lipinski definition) is 4. The van der Waals surface area contributed by atoms with E-state index >= 15 is 0 Å². The lowest BCUT2D eigenvalue weighted by Gasteiger charge is -2.36. The van der Waals surface area contributed by atoms with Crippen molar-refractivity contribution in [2.75, 3.05) is 37.6 Å². The molecule has 110 valence electrons. The van der Waals surface area contributed by atoms with E-state index in [1.54, 1.807) is 0 Å². The van der Waals surface area contributed by atoms with Crippen LogP contribution in [-0.2, 0) is 0 Å². The summed E-state index contributed by atoms with van der Waals surface area (Å²) in [6.45, 7) is 7.65. The zero-order valence-corrected chi connectivity index (χ0v) is 13.3. The molecule has 0 aromatic heterocycles. The number of amidine groups is 1. The Hall–Kier alpha value is -1.27. The van der Waals surface area contributed by atoms with Gasteiger partial charge in [-0.25, -0.2) is 0 Å². The molecule has 0 saturated carbocycles. The second-order valence-corrected chi connectivity index (χ2v) is 5.83. The van der Waals surface area contributed by atoms with Gasteiger partial charge >= 0.3 is 0 Å². The molecule has 0 unspecified atom stereocenters. The van der Waals surface area contributed by atoms with Gasteiger partial charge < -0.3 is 15.8 Å². The van der Waals surface area contributed by atoms with E-state index < -0.39 is 0 Å². The lowest BCUT2D eigenvalue weighted by molar-refractivity contribution is 0.258. The van der Waals surface area contributed by atoms with E-state index in [1.807, 2.05) is 18.2 Å². The molecule has 0 amide bonds. The van der Waals surface area contributed by atoms with Crippen LogP contribution in [0.2, 0.25) is 0 Å². The van der Waals surface area contributed by atoms with Gasteiger partial charge in [0.1, 0.15) is 0 Å². The molecule has 0 atom stereocenters. The molecular weight excluding hydrogens is 320 g/mol. The highest BCUT2D eigenvalue weighted by Gasteiger charge is 2.18. The number of halogens is 1. The van der Waals surface area contributed by atoms with Gasteiger partial charge in [0.05, 0.1) is 5.69 Å². The second kappa shape index (κ2) is 6.95. The number of anilines is 1. The number of hydrogen-bond donors (Lipinski definition) is 2. The minimum absolute atomic E-state index is 0.130. The van der Waals surface area contributed by atoms with Gasteiger partial charge in [0, 0.05) is 36.2 Å². The molecular formula is C14H21BrN4O. The maximum atomic E-state index is 8.71. The first-order chi connectivity index (χ1) is 9.65. The van der Waals surface area contributed by atoms with Crippen molar-refractivity contribution in [3.05, 3.63) is 28.2 Å². The van der Waals surface area contributed by atoms with Gasteiger partial charge in [0.2, 0.25) is 0 Å². The van der Waals surface area contributed by atoms with Crippen LogP contribution in [-0.4, -0.2) is 48.7 Å². The van der Waals surface area contributed by atoms with E-state index in [4.69, 9.17) is 10.9 Å². The highest BCUT2D eigenvalue weighted by molar-refractivity contribution is 9.10. The Labute approximate surface area is 128 Å². The number of nitrogens with two attached hydrogens (primary N) is 1. The molecule has 1 aromatic carbocycles. The molecule has 0 bridgehead atoms. The number of oxime groups is 1. The quantitative estimate of drug-likeness (QED) is 0.381. The fourth-order valence-corrected chi connectivity index (χ4v) is 3.14.